The minimum Gasteiger partial charge on any atom is -0.497 e. The van der Waals surface area contributed by atoms with Gasteiger partial charge in [-0.25, -0.2) is 0 Å². The maximum Gasteiger partial charge on any atom is 0.219 e. The molecule has 2 saturated carbocycles. The van der Waals surface area contributed by atoms with Gasteiger partial charge in [-0.3, -0.25) is 9.69 Å². The summed E-state index contributed by atoms with van der Waals surface area (Å²) in [5, 5.41) is 10.8. The van der Waals surface area contributed by atoms with Gasteiger partial charge in [0, 0.05) is 35.0 Å². The zero-order chi connectivity index (χ0) is 21.3. The van der Waals surface area contributed by atoms with Gasteiger partial charge in [-0.2, -0.15) is 0 Å². The van der Waals surface area contributed by atoms with Crippen molar-refractivity contribution >= 4 is 16.9 Å². The molecule has 5 atom stereocenters. The van der Waals surface area contributed by atoms with Gasteiger partial charge in [0.05, 0.1) is 20.3 Å². The minimum atomic E-state index is -0.409. The van der Waals surface area contributed by atoms with E-state index in [2.05, 4.69) is 11.9 Å². The number of benzene rings is 2. The van der Waals surface area contributed by atoms with Crippen molar-refractivity contribution in [1.82, 2.24) is 4.90 Å². The molecule has 0 aromatic heterocycles. The van der Waals surface area contributed by atoms with Crippen LogP contribution >= 0.6 is 11.8 Å². The first-order valence-corrected chi connectivity index (χ1v) is 11.2. The smallest absolute Gasteiger partial charge is 0.219 e. The van der Waals surface area contributed by atoms with E-state index in [-0.39, 0.29) is 16.3 Å². The highest BCUT2D eigenvalue weighted by Crippen LogP contribution is 2.52. The molecule has 4 rings (SSSR count). The summed E-state index contributed by atoms with van der Waals surface area (Å²) in [6, 6.07) is 15.7. The molecule has 0 bridgehead atoms. The number of carbonyl (C=O) groups is 1. The Morgan fingerprint density at radius 1 is 1.10 bits per heavy atom. The standard InChI is InChI=1S/C24H29NO4S/c1-25(14-16-9-10-17(28-2)11-21(16)29-3)20-12-19-18(20)13-22(23(19)26)30-24(27)15-7-5-4-6-8-15/h4-11,18-20,22-23,26H,12-14H2,1-3H3/t18-,19-,20+,22+,23+/m1/s1. The highest BCUT2D eigenvalue weighted by Gasteiger charge is 2.54. The number of ether oxygens (including phenoxy) is 2. The number of methoxy groups -OCH3 is 2. The number of nitrogens with zero attached hydrogens (tertiary/aromatic N) is 1. The van der Waals surface area contributed by atoms with Crippen molar-refractivity contribution in [2.75, 3.05) is 21.3 Å². The zero-order valence-corrected chi connectivity index (χ0v) is 18.5. The molecule has 0 heterocycles. The van der Waals surface area contributed by atoms with E-state index >= 15 is 0 Å². The number of hydrogen-bond acceptors (Lipinski definition) is 6. The van der Waals surface area contributed by atoms with Crippen LogP contribution in [0.15, 0.2) is 48.5 Å². The normalized spacial score (nSPS) is 27.4. The third kappa shape index (κ3) is 4.09. The first-order chi connectivity index (χ1) is 14.5. The molecule has 5 nitrogen and oxygen atoms in total. The maximum atomic E-state index is 12.6. The van der Waals surface area contributed by atoms with E-state index in [9.17, 15) is 9.90 Å². The molecular formula is C24H29NO4S. The molecule has 2 aliphatic rings. The second-order valence-electron chi connectivity index (χ2n) is 8.26. The Kier molecular flexibility index (Phi) is 6.37. The second-order valence-corrected chi connectivity index (χ2v) is 9.47. The van der Waals surface area contributed by atoms with Crippen molar-refractivity contribution in [3.63, 3.8) is 0 Å². The zero-order valence-electron chi connectivity index (χ0n) is 17.7. The van der Waals surface area contributed by atoms with E-state index in [1.807, 2.05) is 48.5 Å². The summed E-state index contributed by atoms with van der Waals surface area (Å²) < 4.78 is 10.8. The number of hydrogen-bond donors (Lipinski definition) is 1. The van der Waals surface area contributed by atoms with E-state index in [0.717, 1.165) is 36.4 Å². The fraction of sp³-hybridized carbons (Fsp3) is 0.458. The van der Waals surface area contributed by atoms with Crippen molar-refractivity contribution in [3.8, 4) is 11.5 Å². The van der Waals surface area contributed by atoms with Crippen molar-refractivity contribution in [3.05, 3.63) is 59.7 Å². The van der Waals surface area contributed by atoms with E-state index < -0.39 is 6.10 Å². The topological polar surface area (TPSA) is 59.0 Å². The van der Waals surface area contributed by atoms with E-state index in [1.165, 1.54) is 11.8 Å². The van der Waals surface area contributed by atoms with Gasteiger partial charge in [0.1, 0.15) is 11.5 Å². The van der Waals surface area contributed by atoms with Crippen LogP contribution in [0.1, 0.15) is 28.8 Å². The molecular weight excluding hydrogens is 398 g/mol. The molecule has 0 saturated heterocycles. The second kappa shape index (κ2) is 9.00. The minimum absolute atomic E-state index is 0.0263. The number of rotatable bonds is 7. The average Bonchev–Trinajstić information content (AvgIpc) is 2.98. The van der Waals surface area contributed by atoms with Crippen LogP contribution < -0.4 is 9.47 Å². The van der Waals surface area contributed by atoms with Gasteiger partial charge in [-0.15, -0.1) is 0 Å². The maximum absolute atomic E-state index is 12.6. The van der Waals surface area contributed by atoms with Crippen molar-refractivity contribution in [2.24, 2.45) is 11.8 Å². The Morgan fingerprint density at radius 2 is 1.87 bits per heavy atom. The van der Waals surface area contributed by atoms with Gasteiger partial charge in [-0.1, -0.05) is 48.2 Å². The third-order valence-corrected chi connectivity index (χ3v) is 7.85. The van der Waals surface area contributed by atoms with Gasteiger partial charge in [0.25, 0.3) is 0 Å². The Morgan fingerprint density at radius 3 is 2.57 bits per heavy atom. The van der Waals surface area contributed by atoms with Crippen LogP contribution in [-0.4, -0.2) is 53.8 Å². The molecule has 6 heteroatoms. The van der Waals surface area contributed by atoms with Crippen LogP contribution in [-0.2, 0) is 6.54 Å². The number of aliphatic hydroxyl groups is 1. The Bertz CT molecular complexity index is 890. The summed E-state index contributed by atoms with van der Waals surface area (Å²) in [4.78, 5) is 14.9. The van der Waals surface area contributed by atoms with Gasteiger partial charge in [0.2, 0.25) is 5.12 Å². The molecule has 2 fully saturated rings. The van der Waals surface area contributed by atoms with Crippen LogP contribution in [0, 0.1) is 11.8 Å². The summed E-state index contributed by atoms with van der Waals surface area (Å²) in [6.45, 7) is 0.776. The quantitative estimate of drug-likeness (QED) is 0.724. The van der Waals surface area contributed by atoms with Crippen LogP contribution in [0.5, 0.6) is 11.5 Å². The third-order valence-electron chi connectivity index (χ3n) is 6.63. The first kappa shape index (κ1) is 21.2. The van der Waals surface area contributed by atoms with Crippen LogP contribution in [0.25, 0.3) is 0 Å². The van der Waals surface area contributed by atoms with Crippen LogP contribution in [0.2, 0.25) is 0 Å². The van der Waals surface area contributed by atoms with Crippen molar-refractivity contribution < 1.29 is 19.4 Å². The predicted molar refractivity (Wildman–Crippen MR) is 119 cm³/mol. The summed E-state index contributed by atoms with van der Waals surface area (Å²) >= 11 is 1.30. The molecule has 0 aliphatic heterocycles. The van der Waals surface area contributed by atoms with Gasteiger partial charge >= 0.3 is 0 Å². The van der Waals surface area contributed by atoms with Gasteiger partial charge < -0.3 is 14.6 Å². The van der Waals surface area contributed by atoms with E-state index in [4.69, 9.17) is 9.47 Å². The van der Waals surface area contributed by atoms with Crippen LogP contribution in [0.4, 0.5) is 0 Å². The monoisotopic (exact) mass is 427 g/mol. The molecule has 2 aromatic rings. The molecule has 1 N–H and O–H groups in total. The molecule has 0 radical (unpaired) electrons. The SMILES string of the molecule is COc1ccc(CN(C)[C@H]2C[C@H]3[C@H](O)[C@@H](SC(=O)c4ccccc4)C[C@H]32)c(OC)c1. The lowest BCUT2D eigenvalue weighted by Gasteiger charge is -2.46. The molecule has 160 valence electrons. The Hall–Kier alpha value is -2.02. The van der Waals surface area contributed by atoms with E-state index in [1.54, 1.807) is 14.2 Å². The molecule has 0 spiro atoms. The highest BCUT2D eigenvalue weighted by atomic mass is 32.2. The molecule has 30 heavy (non-hydrogen) atoms. The Labute approximate surface area is 182 Å². The lowest BCUT2D eigenvalue weighted by molar-refractivity contribution is -0.0142. The lowest BCUT2D eigenvalue weighted by atomic mass is 9.70. The van der Waals surface area contributed by atoms with Crippen LogP contribution in [0.3, 0.4) is 0 Å². The van der Waals surface area contributed by atoms with Crippen molar-refractivity contribution in [1.29, 1.82) is 0 Å². The number of carbonyl (C=O) groups excluding carboxylic acids is 1. The fourth-order valence-corrected chi connectivity index (χ4v) is 6.11. The molecule has 2 aliphatic carbocycles. The van der Waals surface area contributed by atoms with Gasteiger partial charge in [-0.05, 0) is 37.8 Å². The van der Waals surface area contributed by atoms with Crippen molar-refractivity contribution in [2.45, 2.75) is 36.8 Å². The fourth-order valence-electron chi connectivity index (χ4n) is 4.90. The first-order valence-electron chi connectivity index (χ1n) is 10.4. The number of aliphatic hydroxyl groups excluding tert-OH is 1. The Balaban J connectivity index is 1.38. The predicted octanol–water partition coefficient (Wildman–Crippen LogP) is 3.85. The summed E-state index contributed by atoms with van der Waals surface area (Å²) in [6.07, 6.45) is 1.44. The van der Waals surface area contributed by atoms with E-state index in [0.29, 0.717) is 17.5 Å². The van der Waals surface area contributed by atoms with Gasteiger partial charge in [0.15, 0.2) is 0 Å². The largest absolute Gasteiger partial charge is 0.497 e. The summed E-state index contributed by atoms with van der Waals surface area (Å²) in [5.74, 6) is 2.32. The average molecular weight is 428 g/mol. The lowest BCUT2D eigenvalue weighted by Crippen LogP contribution is -2.51. The number of thioether (sulfide) groups is 1. The molecule has 0 unspecified atom stereocenters. The molecule has 0 amide bonds. The summed E-state index contributed by atoms with van der Waals surface area (Å²) in [7, 11) is 5.46. The summed E-state index contributed by atoms with van der Waals surface area (Å²) in [5.41, 5.74) is 1.82. The molecule has 2 aromatic carbocycles. The highest BCUT2D eigenvalue weighted by molar-refractivity contribution is 8.14. The number of fused-ring (bicyclic) bond motifs is 1.